The summed E-state index contributed by atoms with van der Waals surface area (Å²) < 4.78 is 32.2. The molecule has 1 rings (SSSR count). The highest BCUT2D eigenvalue weighted by atomic mass is 32.2. The number of methoxy groups -OCH3 is 1. The third-order valence-corrected chi connectivity index (χ3v) is 4.46. The molecule has 0 bridgehead atoms. The summed E-state index contributed by atoms with van der Waals surface area (Å²) >= 11 is 0. The van der Waals surface area contributed by atoms with Crippen LogP contribution in [0.15, 0.2) is 0 Å². The first-order chi connectivity index (χ1) is 8.47. The summed E-state index contributed by atoms with van der Waals surface area (Å²) in [6, 6.07) is -1.09. The minimum Gasteiger partial charge on any atom is -0.480 e. The SMILES string of the molecule is COCCCC(NS(=O)(=O)N1CCCC1)C(=O)O. The molecule has 1 fully saturated rings. The van der Waals surface area contributed by atoms with Crippen molar-refractivity contribution in [2.75, 3.05) is 26.8 Å². The molecule has 1 unspecified atom stereocenters. The lowest BCUT2D eigenvalue weighted by atomic mass is 10.2. The smallest absolute Gasteiger partial charge is 0.321 e. The van der Waals surface area contributed by atoms with E-state index in [4.69, 9.17) is 9.84 Å². The van der Waals surface area contributed by atoms with Gasteiger partial charge >= 0.3 is 5.97 Å². The number of carboxylic acids is 1. The number of carboxylic acid groups (broad SMARTS) is 1. The van der Waals surface area contributed by atoms with Gasteiger partial charge < -0.3 is 9.84 Å². The molecule has 1 saturated heterocycles. The molecule has 8 heteroatoms. The Morgan fingerprint density at radius 3 is 2.56 bits per heavy atom. The predicted molar refractivity (Wildman–Crippen MR) is 65.4 cm³/mol. The molecule has 1 aliphatic heterocycles. The first-order valence-electron chi connectivity index (χ1n) is 5.96. The summed E-state index contributed by atoms with van der Waals surface area (Å²) in [5.41, 5.74) is 0. The first-order valence-corrected chi connectivity index (χ1v) is 7.40. The topological polar surface area (TPSA) is 95.9 Å². The highest BCUT2D eigenvalue weighted by Crippen LogP contribution is 2.12. The summed E-state index contributed by atoms with van der Waals surface area (Å²) in [6.45, 7) is 1.33. The number of nitrogens with zero attached hydrogens (tertiary/aromatic N) is 1. The van der Waals surface area contributed by atoms with E-state index >= 15 is 0 Å². The zero-order valence-corrected chi connectivity index (χ0v) is 11.3. The van der Waals surface area contributed by atoms with Crippen molar-refractivity contribution in [1.29, 1.82) is 0 Å². The number of carbonyl (C=O) groups is 1. The summed E-state index contributed by atoms with van der Waals surface area (Å²) in [5.74, 6) is -1.16. The maximum absolute atomic E-state index is 11.9. The number of rotatable bonds is 8. The lowest BCUT2D eigenvalue weighted by Crippen LogP contribution is -2.47. The zero-order chi connectivity index (χ0) is 13.6. The summed E-state index contributed by atoms with van der Waals surface area (Å²) in [5, 5.41) is 8.99. The molecule has 0 saturated carbocycles. The van der Waals surface area contributed by atoms with E-state index in [2.05, 4.69) is 4.72 Å². The fraction of sp³-hybridized carbons (Fsp3) is 0.900. The molecule has 106 valence electrons. The van der Waals surface area contributed by atoms with E-state index in [-0.39, 0.29) is 6.42 Å². The van der Waals surface area contributed by atoms with Gasteiger partial charge in [0.05, 0.1) is 0 Å². The van der Waals surface area contributed by atoms with Crippen molar-refractivity contribution in [2.24, 2.45) is 0 Å². The zero-order valence-electron chi connectivity index (χ0n) is 10.5. The van der Waals surface area contributed by atoms with Crippen molar-refractivity contribution in [2.45, 2.75) is 31.7 Å². The Bertz CT molecular complexity index is 364. The van der Waals surface area contributed by atoms with Crippen LogP contribution in [-0.4, -0.2) is 56.6 Å². The number of hydrogen-bond donors (Lipinski definition) is 2. The second kappa shape index (κ2) is 7.03. The first kappa shape index (κ1) is 15.4. The van der Waals surface area contributed by atoms with Crippen LogP contribution in [0.2, 0.25) is 0 Å². The van der Waals surface area contributed by atoms with E-state index in [1.165, 1.54) is 11.4 Å². The average Bonchev–Trinajstić information content (AvgIpc) is 2.81. The maximum atomic E-state index is 11.9. The molecular weight excluding hydrogens is 260 g/mol. The van der Waals surface area contributed by atoms with Crippen molar-refractivity contribution in [3.8, 4) is 0 Å². The van der Waals surface area contributed by atoms with Gasteiger partial charge in [-0.05, 0) is 25.7 Å². The molecule has 1 aliphatic rings. The quantitative estimate of drug-likeness (QED) is 0.600. The molecule has 0 aromatic heterocycles. The summed E-state index contributed by atoms with van der Waals surface area (Å²) in [7, 11) is -2.16. The molecular formula is C10H20N2O5S. The molecule has 0 aromatic rings. The fourth-order valence-corrected chi connectivity index (χ4v) is 3.31. The molecule has 1 atom stereocenters. The van der Waals surface area contributed by atoms with Gasteiger partial charge in [0, 0.05) is 26.8 Å². The minimum absolute atomic E-state index is 0.218. The van der Waals surface area contributed by atoms with Crippen molar-refractivity contribution in [3.05, 3.63) is 0 Å². The molecule has 7 nitrogen and oxygen atoms in total. The molecule has 18 heavy (non-hydrogen) atoms. The molecule has 0 radical (unpaired) electrons. The van der Waals surface area contributed by atoms with Gasteiger partial charge in [0.25, 0.3) is 10.2 Å². The molecule has 1 heterocycles. The van der Waals surface area contributed by atoms with Crippen LogP contribution in [0.5, 0.6) is 0 Å². The Hall–Kier alpha value is -0.700. The molecule has 0 amide bonds. The third-order valence-electron chi connectivity index (χ3n) is 2.84. The van der Waals surface area contributed by atoms with Crippen LogP contribution < -0.4 is 4.72 Å². The second-order valence-corrected chi connectivity index (χ2v) is 5.96. The Morgan fingerprint density at radius 2 is 2.06 bits per heavy atom. The molecule has 2 N–H and O–H groups in total. The van der Waals surface area contributed by atoms with Crippen LogP contribution in [0.25, 0.3) is 0 Å². The van der Waals surface area contributed by atoms with E-state index < -0.39 is 22.2 Å². The Balaban J connectivity index is 2.56. The number of hydrogen-bond acceptors (Lipinski definition) is 4. The standard InChI is InChI=1S/C10H20N2O5S/c1-17-8-4-5-9(10(13)14)11-18(15,16)12-6-2-3-7-12/h9,11H,2-8H2,1H3,(H,13,14). The minimum atomic E-state index is -3.68. The van der Waals surface area contributed by atoms with Gasteiger partial charge in [-0.25, -0.2) is 0 Å². The average molecular weight is 280 g/mol. The van der Waals surface area contributed by atoms with Gasteiger partial charge in [-0.15, -0.1) is 0 Å². The third kappa shape index (κ3) is 4.52. The van der Waals surface area contributed by atoms with Crippen LogP contribution in [0, 0.1) is 0 Å². The van der Waals surface area contributed by atoms with Crippen LogP contribution in [0.1, 0.15) is 25.7 Å². The molecule has 0 spiro atoms. The van der Waals surface area contributed by atoms with E-state index in [0.717, 1.165) is 12.8 Å². The second-order valence-electron chi connectivity index (χ2n) is 4.25. The number of aliphatic carboxylic acids is 1. The lowest BCUT2D eigenvalue weighted by molar-refractivity contribution is -0.139. The number of ether oxygens (including phenoxy) is 1. The van der Waals surface area contributed by atoms with E-state index in [0.29, 0.717) is 26.1 Å². The van der Waals surface area contributed by atoms with E-state index in [9.17, 15) is 13.2 Å². The normalized spacial score (nSPS) is 18.9. The maximum Gasteiger partial charge on any atom is 0.321 e. The molecule has 0 aliphatic carbocycles. The van der Waals surface area contributed by atoms with Crippen molar-refractivity contribution in [3.63, 3.8) is 0 Å². The van der Waals surface area contributed by atoms with Gasteiger partial charge in [0.1, 0.15) is 6.04 Å². The Kier molecular flexibility index (Phi) is 6.00. The van der Waals surface area contributed by atoms with Crippen molar-refractivity contribution >= 4 is 16.2 Å². The lowest BCUT2D eigenvalue weighted by Gasteiger charge is -2.20. The highest BCUT2D eigenvalue weighted by Gasteiger charge is 2.30. The van der Waals surface area contributed by atoms with Crippen LogP contribution in [0.3, 0.4) is 0 Å². The Labute approximate surface area is 107 Å². The van der Waals surface area contributed by atoms with E-state index in [1.54, 1.807) is 0 Å². The van der Waals surface area contributed by atoms with Gasteiger partial charge in [-0.3, -0.25) is 4.79 Å². The van der Waals surface area contributed by atoms with Gasteiger partial charge in [-0.1, -0.05) is 0 Å². The monoisotopic (exact) mass is 280 g/mol. The van der Waals surface area contributed by atoms with Crippen molar-refractivity contribution in [1.82, 2.24) is 9.03 Å². The Morgan fingerprint density at radius 1 is 1.44 bits per heavy atom. The fourth-order valence-electron chi connectivity index (χ4n) is 1.85. The van der Waals surface area contributed by atoms with Gasteiger partial charge in [0.2, 0.25) is 0 Å². The largest absolute Gasteiger partial charge is 0.480 e. The van der Waals surface area contributed by atoms with Crippen LogP contribution >= 0.6 is 0 Å². The van der Waals surface area contributed by atoms with Gasteiger partial charge in [-0.2, -0.15) is 17.4 Å². The number of nitrogens with one attached hydrogen (secondary N) is 1. The van der Waals surface area contributed by atoms with Crippen LogP contribution in [0.4, 0.5) is 0 Å². The van der Waals surface area contributed by atoms with Crippen LogP contribution in [-0.2, 0) is 19.7 Å². The summed E-state index contributed by atoms with van der Waals surface area (Å²) in [6.07, 6.45) is 2.36. The predicted octanol–water partition coefficient (Wildman–Crippen LogP) is -0.204. The van der Waals surface area contributed by atoms with E-state index in [1.807, 2.05) is 0 Å². The molecule has 0 aromatic carbocycles. The van der Waals surface area contributed by atoms with Gasteiger partial charge in [0.15, 0.2) is 0 Å². The van der Waals surface area contributed by atoms with Crippen molar-refractivity contribution < 1.29 is 23.1 Å². The highest BCUT2D eigenvalue weighted by molar-refractivity contribution is 7.87. The summed E-state index contributed by atoms with van der Waals surface area (Å²) in [4.78, 5) is 11.0.